The standard InChI is InChI=1S/C23H24AsClFN6O3S/c1-22(2,34)17(26)9-29-20(33)13-7-27-16(14-8-31-32-11-12(25)6-28-19(14)32)5-15(13)24-21-30-10-18(36-21)23(3,4)35/h5-8,10-11,17,34-35H,9H2,1-4H3,(H,29,33). The van der Waals surface area contributed by atoms with Gasteiger partial charge in [-0.15, -0.1) is 0 Å². The predicted molar refractivity (Wildman–Crippen MR) is 137 cm³/mol. The van der Waals surface area contributed by atoms with Crippen molar-refractivity contribution in [1.29, 1.82) is 0 Å². The first-order chi connectivity index (χ1) is 16.8. The summed E-state index contributed by atoms with van der Waals surface area (Å²) in [5.74, 6) is -0.504. The normalized spacial score (nSPS) is 13.6. The number of fused-ring (bicyclic) bond motifs is 1. The molecule has 4 rings (SSSR count). The fourth-order valence-electron chi connectivity index (χ4n) is 3.12. The van der Waals surface area contributed by atoms with E-state index in [9.17, 15) is 19.4 Å². The molecule has 1 radical (unpaired) electrons. The summed E-state index contributed by atoms with van der Waals surface area (Å²) in [6.07, 6.45) is 6.19. The first-order valence-corrected chi connectivity index (χ1v) is 13.9. The molecule has 4 aromatic rings. The number of halogens is 2. The van der Waals surface area contributed by atoms with Gasteiger partial charge in [0.2, 0.25) is 0 Å². The summed E-state index contributed by atoms with van der Waals surface area (Å²) < 4.78 is 17.3. The number of hydrogen-bond donors (Lipinski definition) is 3. The van der Waals surface area contributed by atoms with E-state index in [1.165, 1.54) is 37.6 Å². The second-order valence-electron chi connectivity index (χ2n) is 9.19. The Kier molecular flexibility index (Phi) is 7.50. The Morgan fingerprint density at radius 2 is 1.94 bits per heavy atom. The SMILES string of the molecule is CC(C)(O)c1cnc([As]c2cc(-c3cnn4cc(Cl)cnc34)ncc2C(=O)NCC(F)C(C)(C)O)s1. The molecule has 13 heteroatoms. The maximum absolute atomic E-state index is 14.2. The minimum atomic E-state index is -1.64. The zero-order valence-electron chi connectivity index (χ0n) is 19.9. The summed E-state index contributed by atoms with van der Waals surface area (Å²) in [4.78, 5) is 27.0. The van der Waals surface area contributed by atoms with Crippen LogP contribution in [0.25, 0.3) is 16.9 Å². The van der Waals surface area contributed by atoms with E-state index in [0.29, 0.717) is 31.2 Å². The molecule has 0 bridgehead atoms. The van der Waals surface area contributed by atoms with Crippen LogP contribution in [-0.2, 0) is 5.60 Å². The van der Waals surface area contributed by atoms with Gasteiger partial charge in [-0.3, -0.25) is 0 Å². The molecule has 4 heterocycles. The van der Waals surface area contributed by atoms with Gasteiger partial charge < -0.3 is 0 Å². The van der Waals surface area contributed by atoms with Crippen LogP contribution in [0.4, 0.5) is 4.39 Å². The molecule has 0 saturated heterocycles. The number of rotatable bonds is 8. The van der Waals surface area contributed by atoms with Gasteiger partial charge >= 0.3 is 223 Å². The first kappa shape index (κ1) is 26.6. The van der Waals surface area contributed by atoms with Crippen LogP contribution >= 0.6 is 22.9 Å². The summed E-state index contributed by atoms with van der Waals surface area (Å²) in [7, 11) is 0. The van der Waals surface area contributed by atoms with Crippen LogP contribution in [-0.4, -0.2) is 74.8 Å². The number of amides is 1. The van der Waals surface area contributed by atoms with E-state index in [-0.39, 0.29) is 12.1 Å². The van der Waals surface area contributed by atoms with Gasteiger partial charge in [-0.05, 0) is 0 Å². The fraction of sp³-hybridized carbons (Fsp3) is 0.348. The van der Waals surface area contributed by atoms with Crippen molar-refractivity contribution in [2.24, 2.45) is 0 Å². The van der Waals surface area contributed by atoms with Crippen molar-refractivity contribution >= 4 is 58.4 Å². The van der Waals surface area contributed by atoms with Crippen LogP contribution < -0.4 is 13.5 Å². The molecular weight excluding hydrogens is 570 g/mol. The number of alkyl halides is 1. The molecule has 3 N–H and O–H groups in total. The Hall–Kier alpha value is -2.43. The number of carbonyl (C=O) groups excluding carboxylic acids is 1. The van der Waals surface area contributed by atoms with Crippen molar-refractivity contribution in [2.45, 2.75) is 45.1 Å². The minimum absolute atomic E-state index is 0.286. The third-order valence-electron chi connectivity index (χ3n) is 5.25. The Morgan fingerprint density at radius 1 is 1.19 bits per heavy atom. The van der Waals surface area contributed by atoms with Gasteiger partial charge in [-0.2, -0.15) is 0 Å². The van der Waals surface area contributed by atoms with E-state index in [2.05, 4.69) is 25.4 Å². The van der Waals surface area contributed by atoms with E-state index in [1.807, 2.05) is 0 Å². The molecule has 0 fully saturated rings. The van der Waals surface area contributed by atoms with E-state index in [0.717, 1.165) is 3.80 Å². The Labute approximate surface area is 222 Å². The van der Waals surface area contributed by atoms with Gasteiger partial charge in [0.25, 0.3) is 0 Å². The molecule has 1 unspecified atom stereocenters. The average Bonchev–Trinajstić information content (AvgIpc) is 3.43. The van der Waals surface area contributed by atoms with E-state index in [1.54, 1.807) is 43.0 Å². The molecule has 0 saturated carbocycles. The van der Waals surface area contributed by atoms with Crippen LogP contribution in [0.1, 0.15) is 42.9 Å². The van der Waals surface area contributed by atoms with Gasteiger partial charge in [0.1, 0.15) is 0 Å². The van der Waals surface area contributed by atoms with Crippen LogP contribution in [0.2, 0.25) is 5.02 Å². The monoisotopic (exact) mass is 593 g/mol. The van der Waals surface area contributed by atoms with E-state index >= 15 is 0 Å². The van der Waals surface area contributed by atoms with Gasteiger partial charge in [-0.1, -0.05) is 0 Å². The number of carbonyl (C=O) groups is 1. The molecule has 4 aromatic heterocycles. The Bertz CT molecular complexity index is 1420. The topological polar surface area (TPSA) is 126 Å². The molecule has 0 aliphatic rings. The number of aliphatic hydroxyl groups is 2. The number of thiazole rings is 1. The van der Waals surface area contributed by atoms with Crippen molar-refractivity contribution in [1.82, 2.24) is 29.9 Å². The summed E-state index contributed by atoms with van der Waals surface area (Å²) in [5, 5.41) is 27.4. The van der Waals surface area contributed by atoms with Crippen molar-refractivity contribution in [3.05, 3.63) is 52.5 Å². The quantitative estimate of drug-likeness (QED) is 0.265. The van der Waals surface area contributed by atoms with Crippen molar-refractivity contribution in [3.63, 3.8) is 0 Å². The number of hydrogen-bond acceptors (Lipinski definition) is 8. The average molecular weight is 594 g/mol. The van der Waals surface area contributed by atoms with Gasteiger partial charge in [-0.25, -0.2) is 0 Å². The third kappa shape index (κ3) is 5.92. The summed E-state index contributed by atoms with van der Waals surface area (Å²) >= 11 is 6.61. The third-order valence-corrected chi connectivity index (χ3v) is 9.53. The zero-order chi connectivity index (χ0) is 26.3. The summed E-state index contributed by atoms with van der Waals surface area (Å²) in [5.41, 5.74) is -0.566. The van der Waals surface area contributed by atoms with Gasteiger partial charge in [0, 0.05) is 0 Å². The van der Waals surface area contributed by atoms with E-state index < -0.39 is 39.0 Å². The molecule has 0 aromatic carbocycles. The van der Waals surface area contributed by atoms with Crippen LogP contribution in [0.15, 0.2) is 37.1 Å². The van der Waals surface area contributed by atoms with Crippen LogP contribution in [0, 0.1) is 0 Å². The van der Waals surface area contributed by atoms with Crippen LogP contribution in [0.5, 0.6) is 0 Å². The van der Waals surface area contributed by atoms with Crippen LogP contribution in [0.3, 0.4) is 0 Å². The number of pyridine rings is 1. The predicted octanol–water partition coefficient (Wildman–Crippen LogP) is 1.62. The summed E-state index contributed by atoms with van der Waals surface area (Å²) in [6.45, 7) is 5.71. The van der Waals surface area contributed by atoms with Crippen molar-refractivity contribution in [2.75, 3.05) is 6.54 Å². The molecule has 0 aliphatic carbocycles. The van der Waals surface area contributed by atoms with Crippen molar-refractivity contribution < 1.29 is 19.4 Å². The number of nitrogens with one attached hydrogen (secondary N) is 1. The fourth-order valence-corrected chi connectivity index (χ4v) is 7.04. The Balaban J connectivity index is 1.71. The van der Waals surface area contributed by atoms with Crippen molar-refractivity contribution in [3.8, 4) is 11.3 Å². The second-order valence-corrected chi connectivity index (χ2v) is 13.7. The molecule has 1 amide bonds. The summed E-state index contributed by atoms with van der Waals surface area (Å²) in [6, 6.07) is 1.79. The van der Waals surface area contributed by atoms with E-state index in [4.69, 9.17) is 11.6 Å². The maximum atomic E-state index is 14.2. The zero-order valence-corrected chi connectivity index (χ0v) is 23.3. The molecule has 0 spiro atoms. The molecule has 1 atom stereocenters. The Morgan fingerprint density at radius 3 is 2.61 bits per heavy atom. The molecule has 9 nitrogen and oxygen atoms in total. The number of aromatic nitrogens is 5. The number of nitrogens with zero attached hydrogens (tertiary/aromatic N) is 5. The van der Waals surface area contributed by atoms with Gasteiger partial charge in [0.05, 0.1) is 0 Å². The molecular formula is C23H24AsClFN6O3S. The molecule has 36 heavy (non-hydrogen) atoms. The molecule has 189 valence electrons. The first-order valence-electron chi connectivity index (χ1n) is 10.9. The van der Waals surface area contributed by atoms with Gasteiger partial charge in [0.15, 0.2) is 0 Å². The second kappa shape index (κ2) is 10.1. The molecule has 0 aliphatic heterocycles.